The van der Waals surface area contributed by atoms with Crippen LogP contribution in [0.3, 0.4) is 0 Å². The van der Waals surface area contributed by atoms with E-state index in [1.54, 1.807) is 0 Å². The maximum atomic E-state index is 11.6. The van der Waals surface area contributed by atoms with Crippen molar-refractivity contribution >= 4 is 0 Å². The molecule has 4 saturated carbocycles. The van der Waals surface area contributed by atoms with Crippen molar-refractivity contribution in [1.29, 1.82) is 0 Å². The zero-order valence-corrected chi connectivity index (χ0v) is 20.2. The fourth-order valence-electron chi connectivity index (χ4n) is 9.29. The van der Waals surface area contributed by atoms with Crippen molar-refractivity contribution in [3.63, 3.8) is 0 Å². The van der Waals surface area contributed by atoms with E-state index in [1.807, 2.05) is 0 Å². The van der Waals surface area contributed by atoms with E-state index in [4.69, 9.17) is 0 Å². The third-order valence-corrected chi connectivity index (χ3v) is 11.0. The second-order valence-electron chi connectivity index (χ2n) is 12.9. The Morgan fingerprint density at radius 2 is 1.63 bits per heavy atom. The second kappa shape index (κ2) is 8.03. The van der Waals surface area contributed by atoms with Gasteiger partial charge in [0.25, 0.3) is 0 Å². The molecule has 0 saturated heterocycles. The first-order valence-electron chi connectivity index (χ1n) is 13.1. The molecule has 3 N–H and O–H groups in total. The maximum Gasteiger partial charge on any atom is 0.0985 e. The summed E-state index contributed by atoms with van der Waals surface area (Å²) < 4.78 is 0. The van der Waals surface area contributed by atoms with Crippen LogP contribution in [-0.2, 0) is 0 Å². The first kappa shape index (κ1) is 23.1. The van der Waals surface area contributed by atoms with Gasteiger partial charge in [-0.2, -0.15) is 0 Å². The van der Waals surface area contributed by atoms with Gasteiger partial charge < -0.3 is 15.3 Å². The molecule has 3 unspecified atom stereocenters. The van der Waals surface area contributed by atoms with Gasteiger partial charge in [-0.3, -0.25) is 0 Å². The van der Waals surface area contributed by atoms with Crippen molar-refractivity contribution in [2.45, 2.75) is 123 Å². The summed E-state index contributed by atoms with van der Waals surface area (Å²) in [4.78, 5) is 0. The normalized spacial score (nSPS) is 51.9. The van der Waals surface area contributed by atoms with E-state index in [0.29, 0.717) is 29.6 Å². The van der Waals surface area contributed by atoms with Crippen LogP contribution in [0, 0.1) is 46.3 Å². The van der Waals surface area contributed by atoms with Crippen LogP contribution in [0.1, 0.15) is 105 Å². The molecular weight excluding hydrogens is 372 g/mol. The molecule has 0 aromatic rings. The number of rotatable bonds is 5. The zero-order valence-electron chi connectivity index (χ0n) is 20.2. The van der Waals surface area contributed by atoms with Gasteiger partial charge in [-0.1, -0.05) is 53.9 Å². The van der Waals surface area contributed by atoms with Gasteiger partial charge in [-0.25, -0.2) is 0 Å². The minimum atomic E-state index is -1.11. The van der Waals surface area contributed by atoms with Gasteiger partial charge >= 0.3 is 0 Å². The Morgan fingerprint density at radius 3 is 2.33 bits per heavy atom. The number of hydrogen-bond acceptors (Lipinski definition) is 3. The third kappa shape index (κ3) is 3.41. The van der Waals surface area contributed by atoms with Crippen LogP contribution >= 0.6 is 0 Å². The van der Waals surface area contributed by atoms with Crippen LogP contribution in [0.2, 0.25) is 0 Å². The number of fused-ring (bicyclic) bond motifs is 5. The Balaban J connectivity index is 1.53. The fourth-order valence-corrected chi connectivity index (χ4v) is 9.29. The lowest BCUT2D eigenvalue weighted by molar-refractivity contribution is -0.264. The van der Waals surface area contributed by atoms with Crippen LogP contribution in [0.25, 0.3) is 0 Å². The Hall–Kier alpha value is -0.120. The van der Waals surface area contributed by atoms with Gasteiger partial charge in [-0.15, -0.1) is 0 Å². The maximum absolute atomic E-state index is 11.6. The Bertz CT molecular complexity index is 619. The quantitative estimate of drug-likeness (QED) is 0.546. The fraction of sp³-hybridized carbons (Fsp3) is 1.00. The summed E-state index contributed by atoms with van der Waals surface area (Å²) in [5, 5.41) is 33.0. The van der Waals surface area contributed by atoms with E-state index in [0.717, 1.165) is 37.0 Å². The van der Waals surface area contributed by atoms with Crippen molar-refractivity contribution < 1.29 is 15.3 Å². The van der Waals surface area contributed by atoms with E-state index in [1.165, 1.54) is 44.9 Å². The molecule has 3 heteroatoms. The highest BCUT2D eigenvalue weighted by molar-refractivity contribution is 5.17. The van der Waals surface area contributed by atoms with Crippen LogP contribution in [0.15, 0.2) is 0 Å². The summed E-state index contributed by atoms with van der Waals surface area (Å²) in [6.07, 6.45) is 10.7. The summed E-state index contributed by atoms with van der Waals surface area (Å²) in [7, 11) is 0. The molecule has 30 heavy (non-hydrogen) atoms. The molecule has 4 aliphatic carbocycles. The van der Waals surface area contributed by atoms with Gasteiger partial charge in [0.05, 0.1) is 17.8 Å². The molecule has 0 spiro atoms. The van der Waals surface area contributed by atoms with Crippen molar-refractivity contribution in [2.75, 3.05) is 0 Å². The lowest BCUT2D eigenvalue weighted by Crippen LogP contribution is -2.68. The van der Waals surface area contributed by atoms with Gasteiger partial charge in [0, 0.05) is 11.8 Å². The topological polar surface area (TPSA) is 60.7 Å². The van der Waals surface area contributed by atoms with Crippen molar-refractivity contribution in [3.05, 3.63) is 0 Å². The largest absolute Gasteiger partial charge is 0.393 e. The minimum Gasteiger partial charge on any atom is -0.393 e. The Kier molecular flexibility index (Phi) is 6.17. The van der Waals surface area contributed by atoms with Crippen molar-refractivity contribution in [2.24, 2.45) is 46.3 Å². The molecule has 0 amide bonds. The summed E-state index contributed by atoms with van der Waals surface area (Å²) in [6, 6.07) is 0. The molecule has 3 nitrogen and oxygen atoms in total. The lowest BCUT2D eigenvalue weighted by Gasteiger charge is -2.65. The third-order valence-electron chi connectivity index (χ3n) is 11.0. The monoisotopic (exact) mass is 420 g/mol. The molecule has 10 atom stereocenters. The highest BCUT2D eigenvalue weighted by Gasteiger charge is 2.67. The van der Waals surface area contributed by atoms with E-state index in [-0.39, 0.29) is 5.41 Å². The highest BCUT2D eigenvalue weighted by atomic mass is 16.3. The summed E-state index contributed by atoms with van der Waals surface area (Å²) in [5.41, 5.74) is -0.962. The molecule has 174 valence electrons. The second-order valence-corrected chi connectivity index (χ2v) is 12.9. The molecule has 4 rings (SSSR count). The van der Waals surface area contributed by atoms with Crippen molar-refractivity contribution in [3.8, 4) is 0 Å². The van der Waals surface area contributed by atoms with Crippen LogP contribution in [0.5, 0.6) is 0 Å². The average Bonchev–Trinajstić information content (AvgIpc) is 3.01. The molecule has 0 aromatic heterocycles. The standard InChI is InChI=1S/C27H48O3/c1-17(2)7-6-8-18(3)21-9-10-22-20-15-24(29)27(30)16-19(28)11-14-26(27,5)23(20)12-13-25(21,22)4/h17-24,28-30H,6-16H2,1-5H3/t18?,19?,20-,21+,22-,23-,24?,25+,26+,27-/m0/s1. The van der Waals surface area contributed by atoms with Crippen LogP contribution < -0.4 is 0 Å². The van der Waals surface area contributed by atoms with Gasteiger partial charge in [-0.05, 0) is 85.9 Å². The molecule has 0 radical (unpaired) electrons. The van der Waals surface area contributed by atoms with Gasteiger partial charge in [0.1, 0.15) is 0 Å². The predicted molar refractivity (Wildman–Crippen MR) is 122 cm³/mol. The molecule has 0 aromatic carbocycles. The average molecular weight is 421 g/mol. The number of aliphatic hydroxyl groups excluding tert-OH is 2. The SMILES string of the molecule is CC(C)CCCC(C)[C@H]1CC[C@H]2[C@@H]3CC(O)[C@@]4(O)CC(O)CC[C@]4(C)[C@H]3CC[C@]12C. The summed E-state index contributed by atoms with van der Waals surface area (Å²) in [6.45, 7) is 12.0. The first-order chi connectivity index (χ1) is 14.0. The molecule has 4 fully saturated rings. The molecule has 0 bridgehead atoms. The molecule has 4 aliphatic rings. The zero-order chi connectivity index (χ0) is 21.9. The van der Waals surface area contributed by atoms with Crippen LogP contribution in [0.4, 0.5) is 0 Å². The minimum absolute atomic E-state index is 0.253. The van der Waals surface area contributed by atoms with Gasteiger partial charge in [0.2, 0.25) is 0 Å². The Morgan fingerprint density at radius 1 is 0.900 bits per heavy atom. The van der Waals surface area contributed by atoms with E-state index in [2.05, 4.69) is 34.6 Å². The van der Waals surface area contributed by atoms with E-state index in [9.17, 15) is 15.3 Å². The summed E-state index contributed by atoms with van der Waals surface area (Å²) >= 11 is 0. The van der Waals surface area contributed by atoms with Crippen molar-refractivity contribution in [1.82, 2.24) is 0 Å². The lowest BCUT2D eigenvalue weighted by atomic mass is 9.42. The summed E-state index contributed by atoms with van der Waals surface area (Å²) in [5.74, 6) is 4.13. The predicted octanol–water partition coefficient (Wildman–Crippen LogP) is 5.55. The number of hydrogen-bond donors (Lipinski definition) is 3. The number of aliphatic hydroxyl groups is 3. The van der Waals surface area contributed by atoms with E-state index >= 15 is 0 Å². The highest BCUT2D eigenvalue weighted by Crippen LogP contribution is 2.69. The van der Waals surface area contributed by atoms with E-state index < -0.39 is 17.8 Å². The molecule has 0 aliphatic heterocycles. The van der Waals surface area contributed by atoms with Gasteiger partial charge in [0.15, 0.2) is 0 Å². The van der Waals surface area contributed by atoms with Crippen LogP contribution in [-0.4, -0.2) is 33.1 Å². The smallest absolute Gasteiger partial charge is 0.0985 e. The molecule has 0 heterocycles. The first-order valence-corrected chi connectivity index (χ1v) is 13.1. The Labute approximate surface area is 185 Å². The molecular formula is C27H48O3.